The quantitative estimate of drug-likeness (QED) is 0.320. The first-order valence-corrected chi connectivity index (χ1v) is 9.93. The van der Waals surface area contributed by atoms with E-state index < -0.39 is 0 Å². The third-order valence-corrected chi connectivity index (χ3v) is 6.05. The largest absolute Gasteiger partial charge is 0.347 e. The number of likely N-dealkylation sites (N-methyl/N-ethyl adjacent to an activating group) is 1. The van der Waals surface area contributed by atoms with E-state index in [4.69, 9.17) is 0 Å². The van der Waals surface area contributed by atoms with Gasteiger partial charge < -0.3 is 4.90 Å². The van der Waals surface area contributed by atoms with E-state index >= 15 is 0 Å². The molecule has 0 saturated heterocycles. The first-order chi connectivity index (χ1) is 14.1. The molecular weight excluding hydrogens is 354 g/mol. The maximum Gasteiger partial charge on any atom is 0.101 e. The lowest BCUT2D eigenvalue weighted by Crippen LogP contribution is -2.23. The first-order valence-electron chi connectivity index (χ1n) is 9.93. The fraction of sp³-hybridized carbons (Fsp3) is 0.154. The van der Waals surface area contributed by atoms with Crippen molar-refractivity contribution in [3.63, 3.8) is 0 Å². The smallest absolute Gasteiger partial charge is 0.101 e. The lowest BCUT2D eigenvalue weighted by Gasteiger charge is -2.23. The first kappa shape index (κ1) is 17.6. The summed E-state index contributed by atoms with van der Waals surface area (Å²) in [5, 5.41) is 9.05. The van der Waals surface area contributed by atoms with Crippen LogP contribution in [-0.4, -0.2) is 19.0 Å². The molecule has 0 saturated carbocycles. The summed E-state index contributed by atoms with van der Waals surface area (Å²) in [5.74, 6) is 0. The summed E-state index contributed by atoms with van der Waals surface area (Å²) >= 11 is 0. The van der Waals surface area contributed by atoms with Crippen LogP contribution in [-0.2, 0) is 5.41 Å². The van der Waals surface area contributed by atoms with Gasteiger partial charge in [-0.15, -0.1) is 5.10 Å². The van der Waals surface area contributed by atoms with E-state index in [0.717, 1.165) is 16.8 Å². The fourth-order valence-corrected chi connectivity index (χ4v) is 4.60. The predicted octanol–water partition coefficient (Wildman–Crippen LogP) is 5.80. The van der Waals surface area contributed by atoms with Crippen LogP contribution in [0.3, 0.4) is 0 Å². The minimum Gasteiger partial charge on any atom is -0.347 e. The molecular formula is C26H23N3. The second-order valence-corrected chi connectivity index (χ2v) is 8.06. The Morgan fingerprint density at radius 1 is 0.759 bits per heavy atom. The van der Waals surface area contributed by atoms with Gasteiger partial charge in [0, 0.05) is 35.0 Å². The number of para-hydroxylation sites is 1. The molecule has 0 spiro atoms. The van der Waals surface area contributed by atoms with Crippen molar-refractivity contribution in [1.29, 1.82) is 0 Å². The zero-order valence-corrected chi connectivity index (χ0v) is 16.9. The average Bonchev–Trinajstić information content (AvgIpc) is 3.16. The van der Waals surface area contributed by atoms with Gasteiger partial charge in [-0.25, -0.2) is 0 Å². The number of nitrogens with zero attached hydrogens (tertiary/aromatic N) is 3. The molecule has 1 aliphatic heterocycles. The van der Waals surface area contributed by atoms with Crippen LogP contribution in [0.5, 0.6) is 0 Å². The molecule has 0 radical (unpaired) electrons. The van der Waals surface area contributed by atoms with Crippen molar-refractivity contribution in [3.05, 3.63) is 101 Å². The standard InChI is InChI=1S/C26H23N3/c1-26(2)22-14-8-9-15-23(22)29(3)24(26)16-17-27-28-25-20-12-6-4-10-18(20)19-11-5-7-13-21(19)25/h4-17H,1-3H3/b24-16-,27-17-. The van der Waals surface area contributed by atoms with E-state index in [0.29, 0.717) is 0 Å². The number of allylic oxidation sites excluding steroid dienone is 2. The van der Waals surface area contributed by atoms with E-state index in [1.165, 1.54) is 28.1 Å². The number of anilines is 1. The van der Waals surface area contributed by atoms with Gasteiger partial charge in [0.15, 0.2) is 0 Å². The van der Waals surface area contributed by atoms with Crippen molar-refractivity contribution >= 4 is 17.6 Å². The number of hydrogen-bond donors (Lipinski definition) is 0. The molecule has 1 aliphatic carbocycles. The minimum absolute atomic E-state index is 0.0585. The molecule has 0 amide bonds. The summed E-state index contributed by atoms with van der Waals surface area (Å²) in [6.07, 6.45) is 3.90. The van der Waals surface area contributed by atoms with E-state index in [9.17, 15) is 0 Å². The van der Waals surface area contributed by atoms with Crippen LogP contribution in [0.2, 0.25) is 0 Å². The highest BCUT2D eigenvalue weighted by molar-refractivity contribution is 6.24. The van der Waals surface area contributed by atoms with Crippen LogP contribution in [0, 0.1) is 0 Å². The van der Waals surface area contributed by atoms with E-state index in [-0.39, 0.29) is 5.41 Å². The summed E-state index contributed by atoms with van der Waals surface area (Å²) in [6, 6.07) is 25.3. The van der Waals surface area contributed by atoms with E-state index in [1.54, 1.807) is 0 Å². The zero-order chi connectivity index (χ0) is 20.0. The van der Waals surface area contributed by atoms with Crippen LogP contribution in [0.1, 0.15) is 30.5 Å². The molecule has 0 unspecified atom stereocenters. The number of fused-ring (bicyclic) bond motifs is 4. The summed E-state index contributed by atoms with van der Waals surface area (Å²) in [6.45, 7) is 4.51. The van der Waals surface area contributed by atoms with Crippen molar-refractivity contribution < 1.29 is 0 Å². The molecule has 0 N–H and O–H groups in total. The lowest BCUT2D eigenvalue weighted by molar-refractivity contribution is 0.641. The van der Waals surface area contributed by atoms with Crippen LogP contribution < -0.4 is 4.90 Å². The molecule has 3 aromatic rings. The second kappa shape index (κ2) is 6.56. The van der Waals surface area contributed by atoms with Gasteiger partial charge in [0.2, 0.25) is 0 Å². The van der Waals surface area contributed by atoms with Crippen LogP contribution in [0.15, 0.2) is 94.8 Å². The van der Waals surface area contributed by atoms with Gasteiger partial charge in [-0.1, -0.05) is 80.6 Å². The molecule has 29 heavy (non-hydrogen) atoms. The van der Waals surface area contributed by atoms with Crippen molar-refractivity contribution in [2.45, 2.75) is 19.3 Å². The molecule has 5 rings (SSSR count). The summed E-state index contributed by atoms with van der Waals surface area (Å²) in [5.41, 5.74) is 9.42. The molecule has 0 fully saturated rings. The zero-order valence-electron chi connectivity index (χ0n) is 16.9. The average molecular weight is 377 g/mol. The normalized spacial score (nSPS) is 17.6. The predicted molar refractivity (Wildman–Crippen MR) is 122 cm³/mol. The Morgan fingerprint density at radius 3 is 1.93 bits per heavy atom. The van der Waals surface area contributed by atoms with Crippen molar-refractivity contribution in [3.8, 4) is 11.1 Å². The Kier molecular flexibility index (Phi) is 3.99. The highest BCUT2D eigenvalue weighted by atomic mass is 15.2. The molecule has 3 aromatic carbocycles. The van der Waals surface area contributed by atoms with Gasteiger partial charge >= 0.3 is 0 Å². The Balaban J connectivity index is 1.50. The minimum atomic E-state index is -0.0585. The molecule has 1 heterocycles. The third kappa shape index (κ3) is 2.65. The van der Waals surface area contributed by atoms with Crippen LogP contribution in [0.25, 0.3) is 11.1 Å². The van der Waals surface area contributed by atoms with Crippen molar-refractivity contribution in [2.75, 3.05) is 11.9 Å². The Hall–Kier alpha value is -3.46. The van der Waals surface area contributed by atoms with Gasteiger partial charge in [0.05, 0.1) is 6.21 Å². The van der Waals surface area contributed by atoms with E-state index in [2.05, 4.69) is 115 Å². The monoisotopic (exact) mass is 377 g/mol. The Bertz CT molecular complexity index is 1150. The molecule has 0 atom stereocenters. The highest BCUT2D eigenvalue weighted by Crippen LogP contribution is 2.46. The molecule has 142 valence electrons. The SMILES string of the molecule is CN1/C(=C\C=N/N=C2c3ccccc3-c3ccccc32)C(C)(C)c2ccccc21. The van der Waals surface area contributed by atoms with Gasteiger partial charge in [0.1, 0.15) is 5.71 Å². The van der Waals surface area contributed by atoms with Crippen molar-refractivity contribution in [1.82, 2.24) is 0 Å². The van der Waals surface area contributed by atoms with Gasteiger partial charge in [-0.05, 0) is 28.8 Å². The van der Waals surface area contributed by atoms with Crippen LogP contribution in [0.4, 0.5) is 5.69 Å². The topological polar surface area (TPSA) is 28.0 Å². The molecule has 0 aromatic heterocycles. The Morgan fingerprint density at radius 2 is 1.31 bits per heavy atom. The van der Waals surface area contributed by atoms with Gasteiger partial charge in [-0.2, -0.15) is 5.10 Å². The van der Waals surface area contributed by atoms with Crippen molar-refractivity contribution in [2.24, 2.45) is 10.2 Å². The highest BCUT2D eigenvalue weighted by Gasteiger charge is 2.37. The number of benzene rings is 3. The Labute approximate surface area is 171 Å². The number of rotatable bonds is 2. The fourth-order valence-electron chi connectivity index (χ4n) is 4.60. The molecule has 0 bridgehead atoms. The third-order valence-electron chi connectivity index (χ3n) is 6.05. The molecule has 3 heteroatoms. The van der Waals surface area contributed by atoms with Gasteiger partial charge in [-0.3, -0.25) is 0 Å². The maximum atomic E-state index is 4.61. The number of hydrogen-bond acceptors (Lipinski definition) is 3. The molecule has 3 nitrogen and oxygen atoms in total. The summed E-state index contributed by atoms with van der Waals surface area (Å²) < 4.78 is 0. The lowest BCUT2D eigenvalue weighted by atomic mass is 9.84. The van der Waals surface area contributed by atoms with Crippen LogP contribution >= 0.6 is 0 Å². The molecule has 2 aliphatic rings. The summed E-state index contributed by atoms with van der Waals surface area (Å²) in [4.78, 5) is 2.24. The maximum absolute atomic E-state index is 4.61. The van der Waals surface area contributed by atoms with Gasteiger partial charge in [0.25, 0.3) is 0 Å². The second-order valence-electron chi connectivity index (χ2n) is 8.06. The summed E-state index contributed by atoms with van der Waals surface area (Å²) in [7, 11) is 2.11. The van der Waals surface area contributed by atoms with E-state index in [1.807, 2.05) is 6.21 Å².